The first kappa shape index (κ1) is 21.1. The minimum absolute atomic E-state index is 0.0233. The van der Waals surface area contributed by atoms with Crippen molar-refractivity contribution >= 4 is 35.2 Å². The topological polar surface area (TPSA) is 75.4 Å². The third-order valence-electron chi connectivity index (χ3n) is 4.85. The minimum Gasteiger partial charge on any atom is -0.341 e. The van der Waals surface area contributed by atoms with Crippen LogP contribution in [0, 0.1) is 5.92 Å². The second-order valence-corrected chi connectivity index (χ2v) is 8.23. The van der Waals surface area contributed by atoms with Crippen molar-refractivity contribution in [1.29, 1.82) is 0 Å². The Kier molecular flexibility index (Phi) is 8.25. The van der Waals surface area contributed by atoms with Gasteiger partial charge in [-0.25, -0.2) is 0 Å². The summed E-state index contributed by atoms with van der Waals surface area (Å²) in [5.74, 6) is 0.776. The van der Waals surface area contributed by atoms with E-state index in [1.807, 2.05) is 18.1 Å². The van der Waals surface area contributed by atoms with Gasteiger partial charge >= 0.3 is 0 Å². The van der Waals surface area contributed by atoms with E-state index in [-0.39, 0.29) is 17.9 Å². The van der Waals surface area contributed by atoms with Crippen LogP contribution in [0.25, 0.3) is 0 Å². The summed E-state index contributed by atoms with van der Waals surface area (Å²) in [6, 6.07) is 6.40. The van der Waals surface area contributed by atoms with E-state index in [1.54, 1.807) is 36.0 Å². The van der Waals surface area contributed by atoms with Crippen LogP contribution in [0.1, 0.15) is 36.5 Å². The Labute approximate surface area is 165 Å². The number of hydrogen-bond donors (Lipinski definition) is 2. The molecule has 0 bridgehead atoms. The van der Waals surface area contributed by atoms with E-state index < -0.39 is 6.04 Å². The lowest BCUT2D eigenvalue weighted by Gasteiger charge is -2.36. The third kappa shape index (κ3) is 5.63. The van der Waals surface area contributed by atoms with E-state index in [0.717, 1.165) is 25.1 Å². The zero-order valence-electron chi connectivity index (χ0n) is 15.4. The highest BCUT2D eigenvalue weighted by molar-refractivity contribution is 7.98. The molecule has 1 aromatic carbocycles. The highest BCUT2D eigenvalue weighted by atomic mass is 35.5. The lowest BCUT2D eigenvalue weighted by molar-refractivity contribution is -0.135. The Morgan fingerprint density at radius 2 is 2.15 bits per heavy atom. The summed E-state index contributed by atoms with van der Waals surface area (Å²) in [6.07, 6.45) is 4.58. The van der Waals surface area contributed by atoms with Crippen LogP contribution < -0.4 is 11.1 Å². The van der Waals surface area contributed by atoms with Gasteiger partial charge in [-0.3, -0.25) is 9.59 Å². The number of hydrogen-bond acceptors (Lipinski definition) is 4. The van der Waals surface area contributed by atoms with Gasteiger partial charge in [0, 0.05) is 19.1 Å². The molecule has 3 atom stereocenters. The van der Waals surface area contributed by atoms with E-state index in [1.165, 1.54) is 0 Å². The molecule has 26 heavy (non-hydrogen) atoms. The number of nitrogens with one attached hydrogen (secondary N) is 1. The highest BCUT2D eigenvalue weighted by Gasteiger charge is 2.31. The van der Waals surface area contributed by atoms with Gasteiger partial charge in [-0.05, 0) is 56.2 Å². The molecule has 5 nitrogen and oxygen atoms in total. The number of rotatable bonds is 7. The van der Waals surface area contributed by atoms with Gasteiger partial charge in [0.25, 0.3) is 5.91 Å². The summed E-state index contributed by atoms with van der Waals surface area (Å²) in [4.78, 5) is 27.5. The van der Waals surface area contributed by atoms with E-state index in [0.29, 0.717) is 29.5 Å². The van der Waals surface area contributed by atoms with Crippen molar-refractivity contribution < 1.29 is 9.59 Å². The number of likely N-dealkylation sites (tertiary alicyclic amines) is 1. The lowest BCUT2D eigenvalue weighted by Crippen LogP contribution is -2.53. The summed E-state index contributed by atoms with van der Waals surface area (Å²) in [6.45, 7) is 3.37. The number of nitrogens with two attached hydrogens (primary N) is 1. The second kappa shape index (κ2) is 10.2. The fourth-order valence-electron chi connectivity index (χ4n) is 3.23. The van der Waals surface area contributed by atoms with Crippen LogP contribution in [0.3, 0.4) is 0 Å². The first-order valence-electron chi connectivity index (χ1n) is 9.02. The lowest BCUT2D eigenvalue weighted by atomic mass is 9.91. The van der Waals surface area contributed by atoms with Gasteiger partial charge in [-0.1, -0.05) is 23.7 Å². The van der Waals surface area contributed by atoms with Crippen molar-refractivity contribution in [2.24, 2.45) is 11.7 Å². The van der Waals surface area contributed by atoms with Crippen LogP contribution in [0.4, 0.5) is 0 Å². The van der Waals surface area contributed by atoms with E-state index in [9.17, 15) is 9.59 Å². The average molecular weight is 398 g/mol. The van der Waals surface area contributed by atoms with Crippen molar-refractivity contribution in [2.75, 3.05) is 25.1 Å². The summed E-state index contributed by atoms with van der Waals surface area (Å²) < 4.78 is 0. The molecular formula is C19H28ClN3O2S. The molecule has 2 rings (SSSR count). The number of carbonyl (C=O) groups is 2. The van der Waals surface area contributed by atoms with Gasteiger partial charge in [0.15, 0.2) is 0 Å². The maximum Gasteiger partial charge on any atom is 0.253 e. The van der Waals surface area contributed by atoms with Gasteiger partial charge in [0.2, 0.25) is 5.91 Å². The van der Waals surface area contributed by atoms with Crippen molar-refractivity contribution in [3.63, 3.8) is 0 Å². The Balaban J connectivity index is 2.09. The molecule has 1 heterocycles. The Hall–Kier alpha value is -1.24. The number of piperidine rings is 1. The normalized spacial score (nSPS) is 19.7. The molecule has 1 aliphatic heterocycles. The fourth-order valence-corrected chi connectivity index (χ4v) is 3.93. The van der Waals surface area contributed by atoms with Crippen molar-refractivity contribution in [3.8, 4) is 0 Å². The predicted molar refractivity (Wildman–Crippen MR) is 109 cm³/mol. The molecule has 3 N–H and O–H groups in total. The SMILES string of the molecule is CSCCC(NC(=O)c1ccccc1Cl)C(=O)N1CCCC(C(C)N)C1. The molecule has 1 saturated heterocycles. The van der Waals surface area contributed by atoms with Crippen LogP contribution in [0.5, 0.6) is 0 Å². The van der Waals surface area contributed by atoms with E-state index in [2.05, 4.69) is 5.32 Å². The highest BCUT2D eigenvalue weighted by Crippen LogP contribution is 2.21. The van der Waals surface area contributed by atoms with Gasteiger partial charge in [-0.2, -0.15) is 11.8 Å². The molecule has 7 heteroatoms. The summed E-state index contributed by atoms with van der Waals surface area (Å²) in [5, 5.41) is 3.28. The molecule has 1 fully saturated rings. The number of thioether (sulfide) groups is 1. The zero-order chi connectivity index (χ0) is 19.1. The molecule has 0 radical (unpaired) electrons. The monoisotopic (exact) mass is 397 g/mol. The molecule has 1 aliphatic rings. The average Bonchev–Trinajstić information content (AvgIpc) is 2.64. The van der Waals surface area contributed by atoms with Crippen LogP contribution >= 0.6 is 23.4 Å². The Morgan fingerprint density at radius 1 is 1.42 bits per heavy atom. The zero-order valence-corrected chi connectivity index (χ0v) is 17.0. The van der Waals surface area contributed by atoms with Crippen LogP contribution in [-0.2, 0) is 4.79 Å². The molecule has 144 valence electrons. The number of amides is 2. The number of halogens is 1. The molecule has 3 unspecified atom stereocenters. The molecule has 1 aromatic rings. The number of nitrogens with zero attached hydrogens (tertiary/aromatic N) is 1. The largest absolute Gasteiger partial charge is 0.341 e. The van der Waals surface area contributed by atoms with Gasteiger partial charge in [0.1, 0.15) is 6.04 Å². The number of carbonyl (C=O) groups excluding carboxylic acids is 2. The Morgan fingerprint density at radius 3 is 2.81 bits per heavy atom. The van der Waals surface area contributed by atoms with Gasteiger partial charge < -0.3 is 16.0 Å². The quantitative estimate of drug-likeness (QED) is 0.741. The van der Waals surface area contributed by atoms with Crippen LogP contribution in [-0.4, -0.2) is 53.9 Å². The van der Waals surface area contributed by atoms with E-state index in [4.69, 9.17) is 17.3 Å². The maximum absolute atomic E-state index is 13.1. The van der Waals surface area contributed by atoms with Crippen molar-refractivity contribution in [2.45, 2.75) is 38.3 Å². The smallest absolute Gasteiger partial charge is 0.253 e. The summed E-state index contributed by atoms with van der Waals surface area (Å²) in [5.41, 5.74) is 6.43. The molecule has 0 aliphatic carbocycles. The summed E-state index contributed by atoms with van der Waals surface area (Å²) in [7, 11) is 0. The molecule has 2 amide bonds. The first-order chi connectivity index (χ1) is 12.4. The molecular weight excluding hydrogens is 370 g/mol. The Bertz CT molecular complexity index is 627. The van der Waals surface area contributed by atoms with E-state index >= 15 is 0 Å². The molecule has 0 aromatic heterocycles. The van der Waals surface area contributed by atoms with Crippen molar-refractivity contribution in [1.82, 2.24) is 10.2 Å². The van der Waals surface area contributed by atoms with Crippen LogP contribution in [0.15, 0.2) is 24.3 Å². The summed E-state index contributed by atoms with van der Waals surface area (Å²) >= 11 is 7.77. The maximum atomic E-state index is 13.1. The van der Waals surface area contributed by atoms with Crippen LogP contribution in [0.2, 0.25) is 5.02 Å². The predicted octanol–water partition coefficient (Wildman–Crippen LogP) is 2.78. The second-order valence-electron chi connectivity index (χ2n) is 6.83. The molecule has 0 saturated carbocycles. The minimum atomic E-state index is -0.543. The third-order valence-corrected chi connectivity index (χ3v) is 5.82. The molecule has 0 spiro atoms. The number of benzene rings is 1. The first-order valence-corrected chi connectivity index (χ1v) is 10.8. The van der Waals surface area contributed by atoms with Gasteiger partial charge in [-0.15, -0.1) is 0 Å². The standard InChI is InChI=1S/C19H28ClN3O2S/c1-13(21)14-6-5-10-23(12-14)19(25)17(9-11-26-2)22-18(24)15-7-3-4-8-16(15)20/h3-4,7-8,13-14,17H,5-6,9-12,21H2,1-2H3,(H,22,24). The van der Waals surface area contributed by atoms with Gasteiger partial charge in [0.05, 0.1) is 10.6 Å². The van der Waals surface area contributed by atoms with Crippen molar-refractivity contribution in [3.05, 3.63) is 34.9 Å². The fraction of sp³-hybridized carbons (Fsp3) is 0.579.